The van der Waals surface area contributed by atoms with Crippen molar-refractivity contribution in [2.45, 2.75) is 6.92 Å². The van der Waals surface area contributed by atoms with E-state index in [1.54, 1.807) is 11.3 Å². The van der Waals surface area contributed by atoms with Crippen LogP contribution in [0.15, 0.2) is 29.6 Å². The maximum Gasteiger partial charge on any atom is 0.137 e. The van der Waals surface area contributed by atoms with E-state index in [4.69, 9.17) is 0 Å². The minimum Gasteiger partial charge on any atom is -0.372 e. The molecule has 14 heavy (non-hydrogen) atoms. The Morgan fingerprint density at radius 3 is 2.71 bits per heavy atom. The van der Waals surface area contributed by atoms with Crippen LogP contribution in [0, 0.1) is 6.92 Å². The fourth-order valence-corrected chi connectivity index (χ4v) is 2.23. The number of nitrogens with zero attached hydrogens (tertiary/aromatic N) is 1. The molecule has 0 unspecified atom stereocenters. The molecule has 0 aliphatic carbocycles. The number of thiazole rings is 1. The van der Waals surface area contributed by atoms with Gasteiger partial charge in [-0.15, -0.1) is 11.3 Å². The Labute approximate surface area is 87.6 Å². The lowest BCUT2D eigenvalue weighted by atomic mass is 10.1. The van der Waals surface area contributed by atoms with Gasteiger partial charge in [0.2, 0.25) is 0 Å². The second-order valence-electron chi connectivity index (χ2n) is 3.10. The van der Waals surface area contributed by atoms with Gasteiger partial charge in [0.1, 0.15) is 10.8 Å². The molecule has 1 heterocycles. The van der Waals surface area contributed by atoms with E-state index in [0.29, 0.717) is 0 Å². The van der Waals surface area contributed by atoms with Crippen molar-refractivity contribution in [3.05, 3.63) is 35.2 Å². The number of nitrogens with one attached hydrogen (secondary N) is 1. The minimum atomic E-state index is 0.938. The van der Waals surface area contributed by atoms with E-state index in [1.165, 1.54) is 11.1 Å². The van der Waals surface area contributed by atoms with Crippen LogP contribution >= 0.6 is 11.3 Å². The van der Waals surface area contributed by atoms with Crippen molar-refractivity contribution in [2.24, 2.45) is 0 Å². The molecule has 0 aliphatic rings. The summed E-state index contributed by atoms with van der Waals surface area (Å²) in [7, 11) is 1.89. The zero-order chi connectivity index (χ0) is 9.97. The van der Waals surface area contributed by atoms with E-state index in [0.717, 1.165) is 10.8 Å². The fourth-order valence-electron chi connectivity index (χ4n) is 1.33. The Kier molecular flexibility index (Phi) is 2.50. The highest BCUT2D eigenvalue weighted by Crippen LogP contribution is 2.27. The van der Waals surface area contributed by atoms with Gasteiger partial charge in [0.05, 0.1) is 0 Å². The van der Waals surface area contributed by atoms with E-state index in [2.05, 4.69) is 29.4 Å². The Hall–Kier alpha value is -1.35. The Balaban J connectivity index is 2.44. The number of aryl methyl sites for hydroxylation is 1. The summed E-state index contributed by atoms with van der Waals surface area (Å²) < 4.78 is 0. The van der Waals surface area contributed by atoms with Gasteiger partial charge in [0.25, 0.3) is 0 Å². The van der Waals surface area contributed by atoms with Gasteiger partial charge >= 0.3 is 0 Å². The average Bonchev–Trinajstić information content (AvgIpc) is 2.67. The zero-order valence-corrected chi connectivity index (χ0v) is 9.06. The van der Waals surface area contributed by atoms with Crippen molar-refractivity contribution in [2.75, 3.05) is 12.4 Å². The lowest BCUT2D eigenvalue weighted by molar-refractivity contribution is 1.34. The fraction of sp³-hybridized carbons (Fsp3) is 0.182. The first-order valence-electron chi connectivity index (χ1n) is 4.50. The highest BCUT2D eigenvalue weighted by molar-refractivity contribution is 7.13. The van der Waals surface area contributed by atoms with Gasteiger partial charge in [0, 0.05) is 18.0 Å². The van der Waals surface area contributed by atoms with Crippen LogP contribution in [0.4, 0.5) is 5.82 Å². The topological polar surface area (TPSA) is 24.9 Å². The van der Waals surface area contributed by atoms with E-state index in [1.807, 2.05) is 24.6 Å². The second-order valence-corrected chi connectivity index (χ2v) is 3.96. The molecule has 2 aromatic rings. The van der Waals surface area contributed by atoms with Crippen LogP contribution in [0.1, 0.15) is 5.56 Å². The van der Waals surface area contributed by atoms with Crippen LogP contribution in [-0.4, -0.2) is 12.0 Å². The predicted octanol–water partition coefficient (Wildman–Crippen LogP) is 3.16. The Morgan fingerprint density at radius 2 is 2.07 bits per heavy atom. The predicted molar refractivity (Wildman–Crippen MR) is 61.8 cm³/mol. The molecular weight excluding hydrogens is 192 g/mol. The summed E-state index contributed by atoms with van der Waals surface area (Å²) in [5.41, 5.74) is 2.49. The molecule has 0 aliphatic heterocycles. The number of benzene rings is 1. The van der Waals surface area contributed by atoms with Crippen LogP contribution in [0.5, 0.6) is 0 Å². The first-order chi connectivity index (χ1) is 6.81. The third-order valence-corrected chi connectivity index (χ3v) is 3.01. The maximum absolute atomic E-state index is 4.47. The largest absolute Gasteiger partial charge is 0.372 e. The highest BCUT2D eigenvalue weighted by atomic mass is 32.1. The van der Waals surface area contributed by atoms with Crippen LogP contribution in [0.2, 0.25) is 0 Å². The van der Waals surface area contributed by atoms with Crippen LogP contribution in [-0.2, 0) is 0 Å². The highest BCUT2D eigenvalue weighted by Gasteiger charge is 2.05. The van der Waals surface area contributed by atoms with Crippen molar-refractivity contribution < 1.29 is 0 Å². The van der Waals surface area contributed by atoms with E-state index in [9.17, 15) is 0 Å². The Bertz CT molecular complexity index is 434. The van der Waals surface area contributed by atoms with Crippen molar-refractivity contribution in [1.29, 1.82) is 0 Å². The van der Waals surface area contributed by atoms with E-state index < -0.39 is 0 Å². The first kappa shape index (κ1) is 9.21. The lowest BCUT2D eigenvalue weighted by Gasteiger charge is -2.00. The van der Waals surface area contributed by atoms with Crippen molar-refractivity contribution in [3.8, 4) is 10.6 Å². The summed E-state index contributed by atoms with van der Waals surface area (Å²) in [4.78, 5) is 4.47. The number of rotatable bonds is 2. The molecule has 2 nitrogen and oxygen atoms in total. The van der Waals surface area contributed by atoms with Gasteiger partial charge in [-0.1, -0.05) is 24.3 Å². The summed E-state index contributed by atoms with van der Waals surface area (Å²) >= 11 is 1.67. The van der Waals surface area contributed by atoms with Gasteiger partial charge in [-0.05, 0) is 12.5 Å². The summed E-state index contributed by atoms with van der Waals surface area (Å²) in [6, 6.07) is 8.30. The summed E-state index contributed by atoms with van der Waals surface area (Å²) in [5, 5.41) is 6.14. The first-order valence-corrected chi connectivity index (χ1v) is 5.38. The molecule has 0 saturated heterocycles. The third kappa shape index (κ3) is 1.63. The summed E-state index contributed by atoms with van der Waals surface area (Å²) in [5.74, 6) is 0.938. The van der Waals surface area contributed by atoms with Crippen molar-refractivity contribution in [3.63, 3.8) is 0 Å². The van der Waals surface area contributed by atoms with Gasteiger partial charge in [-0.25, -0.2) is 4.98 Å². The lowest BCUT2D eigenvalue weighted by Crippen LogP contribution is -1.87. The molecule has 1 aromatic carbocycles. The standard InChI is InChI=1S/C11H12N2S/c1-8-5-3-4-6-9(8)11-13-10(12-2)7-14-11/h3-7,12H,1-2H3. The van der Waals surface area contributed by atoms with E-state index >= 15 is 0 Å². The van der Waals surface area contributed by atoms with Gasteiger partial charge in [0.15, 0.2) is 0 Å². The van der Waals surface area contributed by atoms with Gasteiger partial charge in [-0.2, -0.15) is 0 Å². The van der Waals surface area contributed by atoms with E-state index in [-0.39, 0.29) is 0 Å². The van der Waals surface area contributed by atoms with Crippen LogP contribution in [0.25, 0.3) is 10.6 Å². The third-order valence-electron chi connectivity index (χ3n) is 2.14. The molecule has 0 spiro atoms. The molecular formula is C11H12N2S. The number of hydrogen-bond acceptors (Lipinski definition) is 3. The van der Waals surface area contributed by atoms with Crippen LogP contribution < -0.4 is 5.32 Å². The van der Waals surface area contributed by atoms with Gasteiger partial charge in [-0.3, -0.25) is 0 Å². The monoisotopic (exact) mass is 204 g/mol. The SMILES string of the molecule is CNc1csc(-c2ccccc2C)n1. The smallest absolute Gasteiger partial charge is 0.137 e. The van der Waals surface area contributed by atoms with Gasteiger partial charge < -0.3 is 5.32 Å². The molecule has 0 atom stereocenters. The van der Waals surface area contributed by atoms with Crippen molar-refractivity contribution >= 4 is 17.2 Å². The molecule has 3 heteroatoms. The molecule has 0 bridgehead atoms. The number of anilines is 1. The molecule has 1 N–H and O–H groups in total. The molecule has 0 fully saturated rings. The zero-order valence-electron chi connectivity index (χ0n) is 8.24. The quantitative estimate of drug-likeness (QED) is 0.812. The van der Waals surface area contributed by atoms with Crippen LogP contribution in [0.3, 0.4) is 0 Å². The molecule has 0 radical (unpaired) electrons. The summed E-state index contributed by atoms with van der Waals surface area (Å²) in [6.45, 7) is 2.11. The molecule has 0 amide bonds. The maximum atomic E-state index is 4.47. The average molecular weight is 204 g/mol. The molecule has 72 valence electrons. The normalized spacial score (nSPS) is 10.1. The minimum absolute atomic E-state index is 0.938. The second kappa shape index (κ2) is 3.80. The molecule has 0 saturated carbocycles. The number of aromatic nitrogens is 1. The number of hydrogen-bond donors (Lipinski definition) is 1. The Morgan fingerprint density at radius 1 is 1.29 bits per heavy atom. The van der Waals surface area contributed by atoms with Crippen molar-refractivity contribution in [1.82, 2.24) is 4.98 Å². The molecule has 2 rings (SSSR count). The summed E-state index contributed by atoms with van der Waals surface area (Å²) in [6.07, 6.45) is 0. The molecule has 1 aromatic heterocycles.